The Morgan fingerprint density at radius 1 is 1.03 bits per heavy atom. The van der Waals surface area contributed by atoms with Crippen molar-refractivity contribution in [1.29, 1.82) is 0 Å². The molecule has 0 radical (unpaired) electrons. The molecule has 1 aromatic rings. The molecule has 170 valence electrons. The number of nitrogens with zero attached hydrogens (tertiary/aromatic N) is 1. The number of hydrogen-bond acceptors (Lipinski definition) is 3. The highest BCUT2D eigenvalue weighted by Crippen LogP contribution is 2.27. The first kappa shape index (κ1) is 23.3. The van der Waals surface area contributed by atoms with E-state index < -0.39 is 6.04 Å². The lowest BCUT2D eigenvalue weighted by atomic mass is 9.84. The Labute approximate surface area is 186 Å². The van der Waals surface area contributed by atoms with E-state index in [0.717, 1.165) is 30.4 Å². The summed E-state index contributed by atoms with van der Waals surface area (Å²) < 4.78 is 0. The number of carbonyl (C=O) groups is 3. The zero-order chi connectivity index (χ0) is 22.5. The van der Waals surface area contributed by atoms with Crippen LogP contribution in [0.5, 0.6) is 0 Å². The van der Waals surface area contributed by atoms with Gasteiger partial charge in [0.15, 0.2) is 0 Å². The SMILES string of the molecule is CC(C)CC(=O)N1Cc2ccccc2CC1C(=O)NC1CCCC(C(=O)NC(C)C)C1. The Morgan fingerprint density at radius 2 is 1.74 bits per heavy atom. The summed E-state index contributed by atoms with van der Waals surface area (Å²) in [6.07, 6.45) is 4.29. The van der Waals surface area contributed by atoms with Crippen molar-refractivity contribution >= 4 is 17.7 Å². The maximum atomic E-state index is 13.3. The monoisotopic (exact) mass is 427 g/mol. The minimum absolute atomic E-state index is 0.0246. The van der Waals surface area contributed by atoms with Crippen LogP contribution in [-0.4, -0.2) is 40.7 Å². The molecule has 0 aromatic heterocycles. The van der Waals surface area contributed by atoms with E-state index in [1.54, 1.807) is 4.90 Å². The van der Waals surface area contributed by atoms with Crippen LogP contribution in [0.4, 0.5) is 0 Å². The first-order valence-electron chi connectivity index (χ1n) is 11.7. The van der Waals surface area contributed by atoms with Gasteiger partial charge in [-0.05, 0) is 50.2 Å². The van der Waals surface area contributed by atoms with Gasteiger partial charge in [-0.3, -0.25) is 14.4 Å². The topological polar surface area (TPSA) is 78.5 Å². The summed E-state index contributed by atoms with van der Waals surface area (Å²) in [6.45, 7) is 8.45. The van der Waals surface area contributed by atoms with E-state index >= 15 is 0 Å². The van der Waals surface area contributed by atoms with Gasteiger partial charge < -0.3 is 15.5 Å². The summed E-state index contributed by atoms with van der Waals surface area (Å²) in [4.78, 5) is 40.5. The van der Waals surface area contributed by atoms with Gasteiger partial charge >= 0.3 is 0 Å². The molecule has 1 aliphatic carbocycles. The first-order chi connectivity index (χ1) is 14.7. The lowest BCUT2D eigenvalue weighted by Crippen LogP contribution is -2.55. The predicted octanol–water partition coefficient (Wildman–Crippen LogP) is 3.19. The fourth-order valence-electron chi connectivity index (χ4n) is 4.74. The van der Waals surface area contributed by atoms with Crippen LogP contribution in [0.2, 0.25) is 0 Å². The molecular weight excluding hydrogens is 390 g/mol. The molecule has 6 heteroatoms. The van der Waals surface area contributed by atoms with Gasteiger partial charge in [0.05, 0.1) is 0 Å². The Kier molecular flexibility index (Phi) is 7.74. The summed E-state index contributed by atoms with van der Waals surface area (Å²) in [5.74, 6) is 0.192. The Bertz CT molecular complexity index is 805. The smallest absolute Gasteiger partial charge is 0.243 e. The van der Waals surface area contributed by atoms with Gasteiger partial charge in [-0.25, -0.2) is 0 Å². The van der Waals surface area contributed by atoms with Crippen molar-refractivity contribution in [2.24, 2.45) is 11.8 Å². The first-order valence-corrected chi connectivity index (χ1v) is 11.7. The van der Waals surface area contributed by atoms with E-state index in [1.807, 2.05) is 52.0 Å². The minimum Gasteiger partial charge on any atom is -0.354 e. The summed E-state index contributed by atoms with van der Waals surface area (Å²) in [6, 6.07) is 7.65. The zero-order valence-electron chi connectivity index (χ0n) is 19.3. The van der Waals surface area contributed by atoms with Crippen molar-refractivity contribution in [3.05, 3.63) is 35.4 Å². The molecule has 3 unspecified atom stereocenters. The van der Waals surface area contributed by atoms with E-state index in [9.17, 15) is 14.4 Å². The summed E-state index contributed by atoms with van der Waals surface area (Å²) in [7, 11) is 0. The van der Waals surface area contributed by atoms with Gasteiger partial charge in [0, 0.05) is 37.4 Å². The second kappa shape index (κ2) is 10.3. The molecule has 6 nitrogen and oxygen atoms in total. The van der Waals surface area contributed by atoms with Crippen LogP contribution in [0, 0.1) is 11.8 Å². The van der Waals surface area contributed by atoms with Crippen LogP contribution in [0.25, 0.3) is 0 Å². The molecule has 1 aromatic carbocycles. The minimum atomic E-state index is -0.494. The highest BCUT2D eigenvalue weighted by atomic mass is 16.2. The molecule has 3 amide bonds. The normalized spacial score (nSPS) is 23.4. The molecule has 0 saturated heterocycles. The molecule has 0 bridgehead atoms. The predicted molar refractivity (Wildman–Crippen MR) is 121 cm³/mol. The average molecular weight is 428 g/mol. The van der Waals surface area contributed by atoms with Crippen molar-refractivity contribution in [2.75, 3.05) is 0 Å². The second-order valence-electron chi connectivity index (χ2n) is 9.84. The Morgan fingerprint density at radius 3 is 2.42 bits per heavy atom. The van der Waals surface area contributed by atoms with Crippen LogP contribution in [-0.2, 0) is 27.3 Å². The van der Waals surface area contributed by atoms with Gasteiger partial charge in [-0.2, -0.15) is 0 Å². The maximum absolute atomic E-state index is 13.3. The van der Waals surface area contributed by atoms with Crippen molar-refractivity contribution in [2.45, 2.75) is 90.9 Å². The maximum Gasteiger partial charge on any atom is 0.243 e. The molecular formula is C25H37N3O3. The van der Waals surface area contributed by atoms with Gasteiger partial charge in [0.25, 0.3) is 0 Å². The van der Waals surface area contributed by atoms with Crippen LogP contribution >= 0.6 is 0 Å². The molecule has 1 heterocycles. The van der Waals surface area contributed by atoms with E-state index in [1.165, 1.54) is 0 Å². The third-order valence-corrected chi connectivity index (χ3v) is 6.28. The number of hydrogen-bond donors (Lipinski definition) is 2. The summed E-state index contributed by atoms with van der Waals surface area (Å²) >= 11 is 0. The number of amides is 3. The van der Waals surface area contributed by atoms with E-state index in [-0.39, 0.29) is 41.6 Å². The standard InChI is InChI=1S/C25H37N3O3/c1-16(2)12-23(29)28-15-20-9-6-5-8-18(20)14-22(28)25(31)27-21-11-7-10-19(13-21)24(30)26-17(3)4/h5-6,8-9,16-17,19,21-22H,7,10-15H2,1-4H3,(H,26,30)(H,27,31). The molecule has 1 aliphatic heterocycles. The Hall–Kier alpha value is -2.37. The van der Waals surface area contributed by atoms with Crippen LogP contribution in [0.15, 0.2) is 24.3 Å². The van der Waals surface area contributed by atoms with Crippen molar-refractivity contribution in [3.8, 4) is 0 Å². The molecule has 2 aliphatic rings. The number of rotatable bonds is 6. The van der Waals surface area contributed by atoms with E-state index in [4.69, 9.17) is 0 Å². The molecule has 3 rings (SSSR count). The highest BCUT2D eigenvalue weighted by molar-refractivity contribution is 5.89. The molecule has 3 atom stereocenters. The third-order valence-electron chi connectivity index (χ3n) is 6.28. The average Bonchev–Trinajstić information content (AvgIpc) is 2.72. The van der Waals surface area contributed by atoms with Gasteiger partial charge in [-0.15, -0.1) is 0 Å². The number of nitrogens with one attached hydrogen (secondary N) is 2. The zero-order valence-corrected chi connectivity index (χ0v) is 19.3. The molecule has 1 fully saturated rings. The molecule has 1 saturated carbocycles. The molecule has 31 heavy (non-hydrogen) atoms. The van der Waals surface area contributed by atoms with E-state index in [2.05, 4.69) is 10.6 Å². The quantitative estimate of drug-likeness (QED) is 0.732. The van der Waals surface area contributed by atoms with Gasteiger partial charge in [-0.1, -0.05) is 44.5 Å². The van der Waals surface area contributed by atoms with Crippen molar-refractivity contribution < 1.29 is 14.4 Å². The molecule has 0 spiro atoms. The Balaban J connectivity index is 1.70. The van der Waals surface area contributed by atoms with E-state index in [0.29, 0.717) is 25.8 Å². The molecule has 2 N–H and O–H groups in total. The summed E-state index contributed by atoms with van der Waals surface area (Å²) in [5.41, 5.74) is 2.25. The third kappa shape index (κ3) is 6.08. The van der Waals surface area contributed by atoms with Crippen LogP contribution in [0.3, 0.4) is 0 Å². The second-order valence-corrected chi connectivity index (χ2v) is 9.84. The van der Waals surface area contributed by atoms with Crippen molar-refractivity contribution in [3.63, 3.8) is 0 Å². The number of fused-ring (bicyclic) bond motifs is 1. The summed E-state index contributed by atoms with van der Waals surface area (Å²) in [5, 5.41) is 6.18. The van der Waals surface area contributed by atoms with Crippen LogP contribution in [0.1, 0.15) is 70.9 Å². The largest absolute Gasteiger partial charge is 0.354 e. The lowest BCUT2D eigenvalue weighted by Gasteiger charge is -2.38. The fraction of sp³-hybridized carbons (Fsp3) is 0.640. The lowest BCUT2D eigenvalue weighted by molar-refractivity contribution is -0.142. The van der Waals surface area contributed by atoms with Crippen LogP contribution < -0.4 is 10.6 Å². The number of benzene rings is 1. The van der Waals surface area contributed by atoms with Gasteiger partial charge in [0.1, 0.15) is 6.04 Å². The van der Waals surface area contributed by atoms with Gasteiger partial charge in [0.2, 0.25) is 17.7 Å². The number of carbonyl (C=O) groups excluding carboxylic acids is 3. The highest BCUT2D eigenvalue weighted by Gasteiger charge is 2.36. The fourth-order valence-corrected chi connectivity index (χ4v) is 4.74. The van der Waals surface area contributed by atoms with Crippen molar-refractivity contribution in [1.82, 2.24) is 15.5 Å².